The zero-order chi connectivity index (χ0) is 10.8. The van der Waals surface area contributed by atoms with Crippen molar-refractivity contribution in [1.29, 1.82) is 0 Å². The van der Waals surface area contributed by atoms with Crippen molar-refractivity contribution >= 4 is 0 Å². The molecule has 1 heterocycles. The first kappa shape index (κ1) is 9.65. The summed E-state index contributed by atoms with van der Waals surface area (Å²) in [5, 5.41) is 0. The lowest BCUT2D eigenvalue weighted by molar-refractivity contribution is -0.665. The van der Waals surface area contributed by atoms with Crippen LogP contribution in [0.4, 0.5) is 0 Å². The molecule has 3 heteroatoms. The first-order valence-electron chi connectivity index (χ1n) is 4.80. The van der Waals surface area contributed by atoms with Crippen molar-refractivity contribution in [1.82, 2.24) is 4.57 Å². The summed E-state index contributed by atoms with van der Waals surface area (Å²) in [4.78, 5) is 11.5. The van der Waals surface area contributed by atoms with Gasteiger partial charge in [-0.1, -0.05) is 30.3 Å². The highest BCUT2D eigenvalue weighted by Crippen LogP contribution is 2.11. The van der Waals surface area contributed by atoms with Gasteiger partial charge in [-0.25, -0.2) is 13.9 Å². The van der Waals surface area contributed by atoms with Gasteiger partial charge >= 0.3 is 5.56 Å². The largest absolute Gasteiger partial charge is 0.337 e. The minimum absolute atomic E-state index is 0.00644. The van der Waals surface area contributed by atoms with Crippen LogP contribution in [0.25, 0.3) is 11.3 Å². The van der Waals surface area contributed by atoms with Gasteiger partial charge in [0.2, 0.25) is 6.33 Å². The van der Waals surface area contributed by atoms with Gasteiger partial charge in [0.15, 0.2) is 0 Å². The topological polar surface area (TPSA) is 25.9 Å². The van der Waals surface area contributed by atoms with Crippen LogP contribution >= 0.6 is 0 Å². The van der Waals surface area contributed by atoms with Crippen LogP contribution in [-0.4, -0.2) is 4.57 Å². The van der Waals surface area contributed by atoms with Gasteiger partial charge in [-0.3, -0.25) is 0 Å². The number of hydrogen-bond donors (Lipinski definition) is 0. The summed E-state index contributed by atoms with van der Waals surface area (Å²) in [5.74, 6) is 0. The monoisotopic (exact) mass is 201 g/mol. The van der Waals surface area contributed by atoms with E-state index in [1.54, 1.807) is 24.0 Å². The minimum atomic E-state index is 0.00644. The average molecular weight is 201 g/mol. The lowest BCUT2D eigenvalue weighted by atomic mass is 10.1. The van der Waals surface area contributed by atoms with Crippen molar-refractivity contribution < 1.29 is 4.57 Å². The molecule has 0 unspecified atom stereocenters. The molecule has 2 rings (SSSR count). The second-order valence-corrected chi connectivity index (χ2v) is 3.57. The normalized spacial score (nSPS) is 10.3. The first-order chi connectivity index (χ1) is 7.18. The Bertz CT molecular complexity index is 529. The molecule has 0 saturated heterocycles. The molecular formula is C12H13N2O+. The quantitative estimate of drug-likeness (QED) is 0.629. The van der Waals surface area contributed by atoms with Gasteiger partial charge in [0.05, 0.1) is 20.2 Å². The van der Waals surface area contributed by atoms with Crippen LogP contribution in [0.15, 0.2) is 47.5 Å². The summed E-state index contributed by atoms with van der Waals surface area (Å²) in [5.41, 5.74) is 1.99. The molecule has 2 aromatic rings. The van der Waals surface area contributed by atoms with Crippen LogP contribution in [0, 0.1) is 0 Å². The fourth-order valence-electron chi connectivity index (χ4n) is 1.60. The predicted octanol–water partition coefficient (Wildman–Crippen LogP) is 0.877. The van der Waals surface area contributed by atoms with E-state index in [2.05, 4.69) is 0 Å². The van der Waals surface area contributed by atoms with Gasteiger partial charge in [-0.2, -0.15) is 0 Å². The van der Waals surface area contributed by atoms with Crippen molar-refractivity contribution in [3.63, 3.8) is 0 Å². The van der Waals surface area contributed by atoms with Crippen LogP contribution in [0.5, 0.6) is 0 Å². The van der Waals surface area contributed by atoms with Crippen molar-refractivity contribution in [2.75, 3.05) is 0 Å². The summed E-state index contributed by atoms with van der Waals surface area (Å²) in [6.07, 6.45) is 1.78. The highest BCUT2D eigenvalue weighted by molar-refractivity contribution is 5.54. The number of benzene rings is 1. The van der Waals surface area contributed by atoms with E-state index in [4.69, 9.17) is 0 Å². The number of aryl methyl sites for hydroxylation is 2. The molecule has 0 amide bonds. The van der Waals surface area contributed by atoms with Gasteiger partial charge in [0.25, 0.3) is 0 Å². The third kappa shape index (κ3) is 1.81. The fraction of sp³-hybridized carbons (Fsp3) is 0.167. The van der Waals surface area contributed by atoms with E-state index in [1.807, 2.05) is 41.9 Å². The fourth-order valence-corrected chi connectivity index (χ4v) is 1.60. The summed E-state index contributed by atoms with van der Waals surface area (Å²) in [6, 6.07) is 11.5. The van der Waals surface area contributed by atoms with Crippen molar-refractivity contribution in [2.24, 2.45) is 14.1 Å². The smallest absolute Gasteiger partial charge is 0.241 e. The highest BCUT2D eigenvalue weighted by Gasteiger charge is 2.08. The van der Waals surface area contributed by atoms with E-state index in [-0.39, 0.29) is 5.56 Å². The zero-order valence-corrected chi connectivity index (χ0v) is 8.84. The average Bonchev–Trinajstić information content (AvgIpc) is 2.25. The van der Waals surface area contributed by atoms with E-state index < -0.39 is 0 Å². The molecule has 0 bridgehead atoms. The van der Waals surface area contributed by atoms with Crippen LogP contribution in [0.2, 0.25) is 0 Å². The van der Waals surface area contributed by atoms with Gasteiger partial charge < -0.3 is 0 Å². The molecule has 0 aliphatic heterocycles. The molecule has 0 aliphatic rings. The SMILES string of the molecule is Cn1c[n+](C)c(-c2ccccc2)cc1=O. The molecule has 0 radical (unpaired) electrons. The second-order valence-electron chi connectivity index (χ2n) is 3.57. The Morgan fingerprint density at radius 2 is 1.87 bits per heavy atom. The Balaban J connectivity index is 2.64. The van der Waals surface area contributed by atoms with Crippen LogP contribution in [0.1, 0.15) is 0 Å². The Morgan fingerprint density at radius 1 is 1.20 bits per heavy atom. The van der Waals surface area contributed by atoms with Gasteiger partial charge in [-0.05, 0) is 0 Å². The molecule has 1 aromatic carbocycles. The number of nitrogens with zero attached hydrogens (tertiary/aromatic N) is 2. The van der Waals surface area contributed by atoms with E-state index in [0.717, 1.165) is 11.3 Å². The molecular weight excluding hydrogens is 188 g/mol. The van der Waals surface area contributed by atoms with Gasteiger partial charge in [-0.15, -0.1) is 0 Å². The van der Waals surface area contributed by atoms with Crippen molar-refractivity contribution in [3.05, 3.63) is 53.1 Å². The predicted molar refractivity (Wildman–Crippen MR) is 58.3 cm³/mol. The second kappa shape index (κ2) is 3.69. The van der Waals surface area contributed by atoms with Crippen molar-refractivity contribution in [2.45, 2.75) is 0 Å². The van der Waals surface area contributed by atoms with Crippen LogP contribution in [0.3, 0.4) is 0 Å². The third-order valence-corrected chi connectivity index (χ3v) is 2.40. The van der Waals surface area contributed by atoms with E-state index in [0.29, 0.717) is 0 Å². The Kier molecular flexibility index (Phi) is 2.37. The lowest BCUT2D eigenvalue weighted by Crippen LogP contribution is -2.37. The maximum absolute atomic E-state index is 11.5. The zero-order valence-electron chi connectivity index (χ0n) is 8.84. The number of hydrogen-bond acceptors (Lipinski definition) is 1. The third-order valence-electron chi connectivity index (χ3n) is 2.40. The molecule has 0 spiro atoms. The Morgan fingerprint density at radius 3 is 2.53 bits per heavy atom. The molecule has 0 fully saturated rings. The molecule has 1 aromatic heterocycles. The van der Waals surface area contributed by atoms with E-state index >= 15 is 0 Å². The van der Waals surface area contributed by atoms with Crippen LogP contribution in [-0.2, 0) is 14.1 Å². The lowest BCUT2D eigenvalue weighted by Gasteiger charge is -2.02. The molecule has 76 valence electrons. The Labute approximate surface area is 88.2 Å². The molecule has 0 aliphatic carbocycles. The summed E-state index contributed by atoms with van der Waals surface area (Å²) >= 11 is 0. The standard InChI is InChI=1S/C12H13N2O/c1-13-9-14(2)12(15)8-11(13)10-6-4-3-5-7-10/h3-9H,1-2H3/q+1. The number of rotatable bonds is 1. The molecule has 15 heavy (non-hydrogen) atoms. The maximum atomic E-state index is 11.5. The molecule has 3 nitrogen and oxygen atoms in total. The maximum Gasteiger partial charge on any atom is 0.337 e. The van der Waals surface area contributed by atoms with Crippen LogP contribution < -0.4 is 10.1 Å². The van der Waals surface area contributed by atoms with E-state index in [9.17, 15) is 4.79 Å². The Hall–Kier alpha value is -1.90. The molecule has 0 atom stereocenters. The van der Waals surface area contributed by atoms with Gasteiger partial charge in [0.1, 0.15) is 5.69 Å². The van der Waals surface area contributed by atoms with Gasteiger partial charge in [0, 0.05) is 5.56 Å². The highest BCUT2D eigenvalue weighted by atomic mass is 16.1. The summed E-state index contributed by atoms with van der Waals surface area (Å²) in [6.45, 7) is 0. The summed E-state index contributed by atoms with van der Waals surface area (Å²) in [7, 11) is 3.68. The van der Waals surface area contributed by atoms with E-state index in [1.165, 1.54) is 0 Å². The van der Waals surface area contributed by atoms with Crippen molar-refractivity contribution in [3.8, 4) is 11.3 Å². The minimum Gasteiger partial charge on any atom is -0.241 e. The summed E-state index contributed by atoms with van der Waals surface area (Å²) < 4.78 is 3.50. The first-order valence-corrected chi connectivity index (χ1v) is 4.80. The number of aromatic nitrogens is 2. The molecule has 0 N–H and O–H groups in total. The molecule has 0 saturated carbocycles.